The van der Waals surface area contributed by atoms with Crippen LogP contribution in [0.4, 0.5) is 0 Å². The van der Waals surface area contributed by atoms with E-state index in [0.29, 0.717) is 30.5 Å². The van der Waals surface area contributed by atoms with Crippen LogP contribution in [0.15, 0.2) is 0 Å². The van der Waals surface area contributed by atoms with E-state index in [9.17, 15) is 4.79 Å². The number of nitrogens with zero attached hydrogens (tertiary/aromatic N) is 2. The molecule has 0 unspecified atom stereocenters. The second-order valence-corrected chi connectivity index (χ2v) is 5.95. The number of ether oxygens (including phenoxy) is 1. The maximum atomic E-state index is 11.8. The topological polar surface area (TPSA) is 64.1 Å². The summed E-state index contributed by atoms with van der Waals surface area (Å²) in [7, 11) is 1.38. The molecule has 1 aliphatic rings. The molecule has 0 saturated heterocycles. The number of rotatable bonds is 5. The molecule has 0 atom stereocenters. The number of thioether (sulfide) groups is 1. The summed E-state index contributed by atoms with van der Waals surface area (Å²) in [6.45, 7) is 5.70. The minimum Gasteiger partial charge on any atom is -0.464 e. The Bertz CT molecular complexity index is 477. The maximum absolute atomic E-state index is 11.8. The van der Waals surface area contributed by atoms with Crippen molar-refractivity contribution in [3.05, 3.63) is 22.8 Å². The van der Waals surface area contributed by atoms with Gasteiger partial charge in [0.05, 0.1) is 18.6 Å². The molecular formula is C13H19N3O2S. The van der Waals surface area contributed by atoms with Crippen molar-refractivity contribution < 1.29 is 9.53 Å². The van der Waals surface area contributed by atoms with Gasteiger partial charge in [0.25, 0.3) is 0 Å². The molecule has 6 heteroatoms. The highest BCUT2D eigenvalue weighted by molar-refractivity contribution is 7.98. The van der Waals surface area contributed by atoms with Crippen molar-refractivity contribution in [3.63, 3.8) is 0 Å². The molecule has 1 N–H and O–H groups in total. The van der Waals surface area contributed by atoms with Crippen LogP contribution in [0.5, 0.6) is 0 Å². The molecule has 0 fully saturated rings. The molecule has 104 valence electrons. The summed E-state index contributed by atoms with van der Waals surface area (Å²) in [5, 5.41) is 3.19. The van der Waals surface area contributed by atoms with Crippen LogP contribution in [-0.4, -0.2) is 28.8 Å². The third kappa shape index (κ3) is 3.45. The number of nitrogens with one attached hydrogen (secondary N) is 1. The molecule has 0 aromatic carbocycles. The number of esters is 1. The van der Waals surface area contributed by atoms with Gasteiger partial charge in [-0.1, -0.05) is 13.8 Å². The Morgan fingerprint density at radius 1 is 1.42 bits per heavy atom. The van der Waals surface area contributed by atoms with Gasteiger partial charge in [-0.25, -0.2) is 14.8 Å². The van der Waals surface area contributed by atoms with Crippen molar-refractivity contribution in [1.29, 1.82) is 0 Å². The molecule has 0 aliphatic carbocycles. The van der Waals surface area contributed by atoms with E-state index < -0.39 is 0 Å². The number of methoxy groups -OCH3 is 1. The molecule has 0 saturated carbocycles. The average molecular weight is 281 g/mol. The molecule has 1 aromatic heterocycles. The Morgan fingerprint density at radius 3 is 2.89 bits per heavy atom. The van der Waals surface area contributed by atoms with Gasteiger partial charge in [-0.15, -0.1) is 0 Å². The van der Waals surface area contributed by atoms with Crippen molar-refractivity contribution in [2.45, 2.75) is 32.7 Å². The van der Waals surface area contributed by atoms with E-state index in [4.69, 9.17) is 4.74 Å². The molecule has 2 heterocycles. The van der Waals surface area contributed by atoms with Gasteiger partial charge >= 0.3 is 5.97 Å². The maximum Gasteiger partial charge on any atom is 0.357 e. The Kier molecular flexibility index (Phi) is 4.76. The highest BCUT2D eigenvalue weighted by Gasteiger charge is 2.23. The van der Waals surface area contributed by atoms with E-state index in [0.717, 1.165) is 22.8 Å². The van der Waals surface area contributed by atoms with Crippen LogP contribution in [0.25, 0.3) is 0 Å². The largest absolute Gasteiger partial charge is 0.464 e. The lowest BCUT2D eigenvalue weighted by Crippen LogP contribution is -2.13. The molecule has 19 heavy (non-hydrogen) atoms. The number of carbonyl (C=O) groups is 1. The van der Waals surface area contributed by atoms with Crippen LogP contribution in [0, 0.1) is 5.92 Å². The van der Waals surface area contributed by atoms with Crippen molar-refractivity contribution in [1.82, 2.24) is 15.3 Å². The summed E-state index contributed by atoms with van der Waals surface area (Å²) in [4.78, 5) is 20.7. The molecule has 1 aromatic rings. The summed E-state index contributed by atoms with van der Waals surface area (Å²) in [5.74, 6) is 2.77. The normalized spacial score (nSPS) is 13.7. The zero-order valence-corrected chi connectivity index (χ0v) is 12.3. The Morgan fingerprint density at radius 2 is 2.21 bits per heavy atom. The Hall–Kier alpha value is -1.14. The number of hydrogen-bond donors (Lipinski definition) is 1. The predicted molar refractivity (Wildman–Crippen MR) is 74.9 cm³/mol. The van der Waals surface area contributed by atoms with E-state index >= 15 is 0 Å². The zero-order valence-electron chi connectivity index (χ0n) is 11.5. The first-order valence-corrected chi connectivity index (χ1v) is 7.52. The Labute approximate surface area is 117 Å². The van der Waals surface area contributed by atoms with Gasteiger partial charge in [-0.05, 0) is 11.7 Å². The second-order valence-electron chi connectivity index (χ2n) is 4.92. The minimum absolute atomic E-state index is 0.377. The minimum atomic E-state index is -0.377. The van der Waals surface area contributed by atoms with Crippen molar-refractivity contribution in [2.24, 2.45) is 5.92 Å². The van der Waals surface area contributed by atoms with Crippen LogP contribution in [-0.2, 0) is 23.6 Å². The summed E-state index contributed by atoms with van der Waals surface area (Å²) < 4.78 is 4.80. The van der Waals surface area contributed by atoms with Gasteiger partial charge in [-0.3, -0.25) is 0 Å². The number of hydrogen-bond acceptors (Lipinski definition) is 6. The van der Waals surface area contributed by atoms with Gasteiger partial charge in [0.1, 0.15) is 5.82 Å². The first kappa shape index (κ1) is 14.3. The van der Waals surface area contributed by atoms with Crippen LogP contribution >= 0.6 is 11.8 Å². The fourth-order valence-corrected chi connectivity index (χ4v) is 2.84. The van der Waals surface area contributed by atoms with Gasteiger partial charge in [0, 0.05) is 18.7 Å². The standard InChI is InChI=1S/C13H19N3O2S/c1-8(2)6-19-7-11-15-10-5-14-4-9(10)12(16-11)13(17)18-3/h8,14H,4-7H2,1-3H3. The third-order valence-corrected chi connectivity index (χ3v) is 4.16. The monoisotopic (exact) mass is 281 g/mol. The third-order valence-electron chi connectivity index (χ3n) is 2.79. The van der Waals surface area contributed by atoms with Gasteiger partial charge < -0.3 is 10.1 Å². The lowest BCUT2D eigenvalue weighted by Gasteiger charge is -2.08. The number of carbonyl (C=O) groups excluding carboxylic acids is 1. The lowest BCUT2D eigenvalue weighted by molar-refractivity contribution is 0.0592. The zero-order chi connectivity index (χ0) is 13.8. The van der Waals surface area contributed by atoms with Crippen molar-refractivity contribution >= 4 is 17.7 Å². The van der Waals surface area contributed by atoms with Gasteiger partial charge in [0.15, 0.2) is 5.69 Å². The molecule has 5 nitrogen and oxygen atoms in total. The second kappa shape index (κ2) is 6.34. The highest BCUT2D eigenvalue weighted by atomic mass is 32.2. The highest BCUT2D eigenvalue weighted by Crippen LogP contribution is 2.20. The molecule has 0 radical (unpaired) electrons. The van der Waals surface area contributed by atoms with E-state index in [1.54, 1.807) is 11.8 Å². The van der Waals surface area contributed by atoms with Gasteiger partial charge in [-0.2, -0.15) is 11.8 Å². The molecule has 2 rings (SSSR count). The average Bonchev–Trinajstić information content (AvgIpc) is 2.84. The van der Waals surface area contributed by atoms with E-state index in [1.165, 1.54) is 7.11 Å². The van der Waals surface area contributed by atoms with E-state index in [-0.39, 0.29) is 5.97 Å². The number of fused-ring (bicyclic) bond motifs is 1. The fourth-order valence-electron chi connectivity index (χ4n) is 1.94. The number of aromatic nitrogens is 2. The molecule has 1 aliphatic heterocycles. The van der Waals surface area contributed by atoms with Gasteiger partial charge in [0.2, 0.25) is 0 Å². The van der Waals surface area contributed by atoms with Crippen LogP contribution in [0.1, 0.15) is 41.4 Å². The molecular weight excluding hydrogens is 262 g/mol. The summed E-state index contributed by atoms with van der Waals surface area (Å²) >= 11 is 1.79. The fraction of sp³-hybridized carbons (Fsp3) is 0.615. The van der Waals surface area contributed by atoms with Crippen LogP contribution in [0.2, 0.25) is 0 Å². The summed E-state index contributed by atoms with van der Waals surface area (Å²) in [6, 6.07) is 0. The lowest BCUT2D eigenvalue weighted by atomic mass is 10.2. The smallest absolute Gasteiger partial charge is 0.357 e. The summed E-state index contributed by atoms with van der Waals surface area (Å²) in [6.07, 6.45) is 0. The first-order valence-electron chi connectivity index (χ1n) is 6.37. The van der Waals surface area contributed by atoms with E-state index in [1.807, 2.05) is 0 Å². The van der Waals surface area contributed by atoms with Crippen LogP contribution < -0.4 is 5.32 Å². The predicted octanol–water partition coefficient (Wildman–Crippen LogP) is 1.76. The van der Waals surface area contributed by atoms with Crippen molar-refractivity contribution in [2.75, 3.05) is 12.9 Å². The van der Waals surface area contributed by atoms with Crippen LogP contribution in [0.3, 0.4) is 0 Å². The summed E-state index contributed by atoms with van der Waals surface area (Å²) in [5.41, 5.74) is 2.22. The van der Waals surface area contributed by atoms with Crippen molar-refractivity contribution in [3.8, 4) is 0 Å². The Balaban J connectivity index is 2.19. The first-order chi connectivity index (χ1) is 9.11. The SMILES string of the molecule is COC(=O)c1nc(CSCC(C)C)nc2c1CNC2. The molecule has 0 amide bonds. The quantitative estimate of drug-likeness (QED) is 0.830. The molecule has 0 spiro atoms. The molecule has 0 bridgehead atoms. The van der Waals surface area contributed by atoms with E-state index in [2.05, 4.69) is 29.1 Å².